The predicted octanol–water partition coefficient (Wildman–Crippen LogP) is -0.121. The minimum absolute atomic E-state index is 0.0527. The average molecular weight is 274 g/mol. The van der Waals surface area contributed by atoms with Crippen molar-refractivity contribution >= 4 is 15.7 Å². The molecule has 0 spiro atoms. The first-order chi connectivity index (χ1) is 8.52. The molecule has 0 aromatic rings. The second-order valence-corrected chi connectivity index (χ2v) is 7.68. The van der Waals surface area contributed by atoms with Gasteiger partial charge in [-0.25, -0.2) is 8.42 Å². The Hall–Kier alpha value is -0.620. The topological polar surface area (TPSA) is 66.5 Å². The van der Waals surface area contributed by atoms with Crippen LogP contribution in [0.1, 0.15) is 19.3 Å². The highest BCUT2D eigenvalue weighted by molar-refractivity contribution is 7.91. The van der Waals surface area contributed by atoms with Crippen molar-refractivity contribution in [1.82, 2.24) is 10.2 Å². The third-order valence-electron chi connectivity index (χ3n) is 3.91. The van der Waals surface area contributed by atoms with Crippen LogP contribution in [0.4, 0.5) is 0 Å². The standard InChI is InChI=1S/C12H22N2O3S/c1-13-7-10-3-2-5-14(8-10)12(15)11-4-6-18(16,17)9-11/h10-11,13H,2-9H2,1H3. The fourth-order valence-corrected chi connectivity index (χ4v) is 4.70. The summed E-state index contributed by atoms with van der Waals surface area (Å²) in [5, 5.41) is 3.15. The van der Waals surface area contributed by atoms with Gasteiger partial charge in [0, 0.05) is 13.1 Å². The van der Waals surface area contributed by atoms with Crippen molar-refractivity contribution in [3.05, 3.63) is 0 Å². The zero-order chi connectivity index (χ0) is 13.2. The molecule has 2 rings (SSSR count). The summed E-state index contributed by atoms with van der Waals surface area (Å²) in [6, 6.07) is 0. The van der Waals surface area contributed by atoms with Gasteiger partial charge in [0.15, 0.2) is 9.84 Å². The van der Waals surface area contributed by atoms with E-state index in [1.165, 1.54) is 0 Å². The van der Waals surface area contributed by atoms with Crippen LogP contribution in [0.15, 0.2) is 0 Å². The highest BCUT2D eigenvalue weighted by atomic mass is 32.2. The number of rotatable bonds is 3. The van der Waals surface area contributed by atoms with Gasteiger partial charge >= 0.3 is 0 Å². The van der Waals surface area contributed by atoms with Crippen LogP contribution in [0.25, 0.3) is 0 Å². The Labute approximate surface area is 109 Å². The molecule has 0 bridgehead atoms. The Kier molecular flexibility index (Phi) is 4.27. The largest absolute Gasteiger partial charge is 0.342 e. The van der Waals surface area contributed by atoms with Crippen molar-refractivity contribution in [1.29, 1.82) is 0 Å². The summed E-state index contributed by atoms with van der Waals surface area (Å²) in [4.78, 5) is 14.2. The summed E-state index contributed by atoms with van der Waals surface area (Å²) < 4.78 is 22.8. The smallest absolute Gasteiger partial charge is 0.226 e. The van der Waals surface area contributed by atoms with Crippen molar-refractivity contribution in [3.63, 3.8) is 0 Å². The number of nitrogens with one attached hydrogen (secondary N) is 1. The van der Waals surface area contributed by atoms with Gasteiger partial charge in [0.2, 0.25) is 5.91 Å². The molecule has 104 valence electrons. The van der Waals surface area contributed by atoms with E-state index >= 15 is 0 Å². The number of hydrogen-bond donors (Lipinski definition) is 1. The summed E-state index contributed by atoms with van der Waals surface area (Å²) in [5.41, 5.74) is 0. The highest BCUT2D eigenvalue weighted by Gasteiger charge is 2.36. The molecule has 2 aliphatic rings. The third kappa shape index (κ3) is 3.23. The van der Waals surface area contributed by atoms with Crippen LogP contribution in [0, 0.1) is 11.8 Å². The molecule has 0 radical (unpaired) electrons. The van der Waals surface area contributed by atoms with Gasteiger partial charge in [-0.3, -0.25) is 4.79 Å². The highest BCUT2D eigenvalue weighted by Crippen LogP contribution is 2.24. The summed E-state index contributed by atoms with van der Waals surface area (Å²) in [6.07, 6.45) is 2.68. The third-order valence-corrected chi connectivity index (χ3v) is 5.67. The lowest BCUT2D eigenvalue weighted by atomic mass is 9.96. The Bertz CT molecular complexity index is 406. The summed E-state index contributed by atoms with van der Waals surface area (Å²) in [7, 11) is -1.04. The molecule has 0 aromatic carbocycles. The van der Waals surface area contributed by atoms with Gasteiger partial charge in [-0.15, -0.1) is 0 Å². The van der Waals surface area contributed by atoms with Crippen LogP contribution in [-0.4, -0.2) is 57.4 Å². The van der Waals surface area contributed by atoms with Gasteiger partial charge in [-0.2, -0.15) is 0 Å². The molecule has 0 aliphatic carbocycles. The molecule has 1 amide bonds. The first-order valence-corrected chi connectivity index (χ1v) is 8.48. The maximum absolute atomic E-state index is 12.3. The molecule has 2 atom stereocenters. The SMILES string of the molecule is CNCC1CCCN(C(=O)C2CCS(=O)(=O)C2)C1. The lowest BCUT2D eigenvalue weighted by Gasteiger charge is -2.34. The summed E-state index contributed by atoms with van der Waals surface area (Å²) >= 11 is 0. The fourth-order valence-electron chi connectivity index (χ4n) is 2.97. The van der Waals surface area contributed by atoms with Crippen molar-refractivity contribution in [2.75, 3.05) is 38.2 Å². The monoisotopic (exact) mass is 274 g/mol. The van der Waals surface area contributed by atoms with Crippen molar-refractivity contribution in [2.45, 2.75) is 19.3 Å². The number of carbonyl (C=O) groups is 1. The fraction of sp³-hybridized carbons (Fsp3) is 0.917. The molecule has 2 unspecified atom stereocenters. The van der Waals surface area contributed by atoms with Crippen LogP contribution in [-0.2, 0) is 14.6 Å². The van der Waals surface area contributed by atoms with Gasteiger partial charge in [0.25, 0.3) is 0 Å². The Morgan fingerprint density at radius 2 is 2.17 bits per heavy atom. The normalized spacial score (nSPS) is 31.5. The number of nitrogens with zero attached hydrogens (tertiary/aromatic N) is 1. The molecule has 2 aliphatic heterocycles. The van der Waals surface area contributed by atoms with Crippen LogP contribution in [0.5, 0.6) is 0 Å². The second-order valence-electron chi connectivity index (χ2n) is 5.45. The lowest BCUT2D eigenvalue weighted by Crippen LogP contribution is -2.45. The number of piperidine rings is 1. The van der Waals surface area contributed by atoms with E-state index in [1.807, 2.05) is 11.9 Å². The number of likely N-dealkylation sites (tertiary alicyclic amines) is 1. The first kappa shape index (κ1) is 13.8. The van der Waals surface area contributed by atoms with Gasteiger partial charge in [0.05, 0.1) is 17.4 Å². The quantitative estimate of drug-likeness (QED) is 0.779. The van der Waals surface area contributed by atoms with Gasteiger partial charge in [0.1, 0.15) is 0 Å². The second kappa shape index (κ2) is 5.57. The zero-order valence-electron chi connectivity index (χ0n) is 10.9. The van der Waals surface area contributed by atoms with E-state index in [4.69, 9.17) is 0 Å². The molecule has 2 saturated heterocycles. The van der Waals surface area contributed by atoms with E-state index in [0.29, 0.717) is 12.3 Å². The van der Waals surface area contributed by atoms with E-state index < -0.39 is 9.84 Å². The van der Waals surface area contributed by atoms with Crippen LogP contribution in [0.2, 0.25) is 0 Å². The maximum atomic E-state index is 12.3. The van der Waals surface area contributed by atoms with E-state index in [9.17, 15) is 13.2 Å². The Morgan fingerprint density at radius 1 is 1.39 bits per heavy atom. The van der Waals surface area contributed by atoms with Crippen molar-refractivity contribution in [2.24, 2.45) is 11.8 Å². The average Bonchev–Trinajstić information content (AvgIpc) is 2.70. The van der Waals surface area contributed by atoms with E-state index in [2.05, 4.69) is 5.32 Å². The van der Waals surface area contributed by atoms with Crippen molar-refractivity contribution in [3.8, 4) is 0 Å². The first-order valence-electron chi connectivity index (χ1n) is 6.65. The predicted molar refractivity (Wildman–Crippen MR) is 70.0 cm³/mol. The molecule has 6 heteroatoms. The molecule has 5 nitrogen and oxygen atoms in total. The van der Waals surface area contributed by atoms with Gasteiger partial charge in [-0.1, -0.05) is 0 Å². The van der Waals surface area contributed by atoms with Gasteiger partial charge < -0.3 is 10.2 Å². The minimum atomic E-state index is -2.96. The molecule has 2 heterocycles. The van der Waals surface area contributed by atoms with Crippen LogP contribution >= 0.6 is 0 Å². The lowest BCUT2D eigenvalue weighted by molar-refractivity contribution is -0.136. The number of sulfone groups is 1. The molecule has 0 aromatic heterocycles. The Morgan fingerprint density at radius 3 is 2.78 bits per heavy atom. The minimum Gasteiger partial charge on any atom is -0.342 e. The maximum Gasteiger partial charge on any atom is 0.226 e. The van der Waals surface area contributed by atoms with E-state index in [1.54, 1.807) is 0 Å². The zero-order valence-corrected chi connectivity index (χ0v) is 11.7. The molecular weight excluding hydrogens is 252 g/mol. The molecule has 1 N–H and O–H groups in total. The molecular formula is C12H22N2O3S. The van der Waals surface area contributed by atoms with Crippen LogP contribution < -0.4 is 5.32 Å². The molecule has 2 fully saturated rings. The summed E-state index contributed by atoms with van der Waals surface area (Å²) in [5.74, 6) is 0.502. The number of carbonyl (C=O) groups excluding carboxylic acids is 1. The number of hydrogen-bond acceptors (Lipinski definition) is 4. The van der Waals surface area contributed by atoms with E-state index in [0.717, 1.165) is 32.5 Å². The molecule has 18 heavy (non-hydrogen) atoms. The Balaban J connectivity index is 1.93. The van der Waals surface area contributed by atoms with Crippen LogP contribution in [0.3, 0.4) is 0 Å². The van der Waals surface area contributed by atoms with Gasteiger partial charge in [-0.05, 0) is 38.8 Å². The molecule has 0 saturated carbocycles. The summed E-state index contributed by atoms with van der Waals surface area (Å²) in [6.45, 7) is 2.48. The number of amides is 1. The van der Waals surface area contributed by atoms with Crippen molar-refractivity contribution < 1.29 is 13.2 Å². The van der Waals surface area contributed by atoms with E-state index in [-0.39, 0.29) is 23.3 Å².